The Morgan fingerprint density at radius 3 is 2.34 bits per heavy atom. The fourth-order valence-electron chi connectivity index (χ4n) is 3.92. The van der Waals surface area contributed by atoms with Crippen molar-refractivity contribution in [3.05, 3.63) is 59.1 Å². The molecule has 0 aromatic heterocycles. The van der Waals surface area contributed by atoms with Crippen molar-refractivity contribution in [2.24, 2.45) is 0 Å². The molecule has 0 spiro atoms. The molecule has 0 radical (unpaired) electrons. The number of nitrogens with zero attached hydrogens (tertiary/aromatic N) is 1. The van der Waals surface area contributed by atoms with Gasteiger partial charge in [-0.1, -0.05) is 66.7 Å². The van der Waals surface area contributed by atoms with Crippen molar-refractivity contribution in [3.63, 3.8) is 0 Å². The van der Waals surface area contributed by atoms with Gasteiger partial charge >= 0.3 is 6.09 Å². The molecule has 178 valence electrons. The first kappa shape index (κ1) is 26.7. The quantitative estimate of drug-likeness (QED) is 0.552. The number of amides is 1. The van der Waals surface area contributed by atoms with E-state index < -0.39 is 12.2 Å². The van der Waals surface area contributed by atoms with Crippen LogP contribution in [-0.4, -0.2) is 58.6 Å². The van der Waals surface area contributed by atoms with Crippen LogP contribution in [0.3, 0.4) is 0 Å². The highest BCUT2D eigenvalue weighted by molar-refractivity contribution is 6.29. The average Bonchev–Trinajstić information content (AvgIpc) is 2.76. The van der Waals surface area contributed by atoms with Crippen molar-refractivity contribution in [2.45, 2.75) is 69.4 Å². The molecule has 1 aromatic rings. The zero-order chi connectivity index (χ0) is 23.5. The first-order valence-electron chi connectivity index (χ1n) is 11.0. The number of benzene rings is 1. The molecule has 2 saturated heterocycles. The normalized spacial score (nSPS) is 25.3. The number of carbonyl (C=O) groups excluding carboxylic acids is 1. The summed E-state index contributed by atoms with van der Waals surface area (Å²) in [4.78, 5) is 13.8. The first-order chi connectivity index (χ1) is 15.3. The van der Waals surface area contributed by atoms with Crippen LogP contribution in [0, 0.1) is 0 Å². The molecule has 6 nitrogen and oxygen atoms in total. The van der Waals surface area contributed by atoms with Gasteiger partial charge in [0, 0.05) is 35.5 Å². The molecule has 32 heavy (non-hydrogen) atoms. The zero-order valence-corrected chi connectivity index (χ0v) is 19.9. The molecule has 0 aliphatic carbocycles. The van der Waals surface area contributed by atoms with Crippen LogP contribution in [0.15, 0.2) is 53.6 Å². The van der Waals surface area contributed by atoms with Gasteiger partial charge in [0.15, 0.2) is 0 Å². The number of piperidine rings is 2. The Balaban J connectivity index is 0.000000278. The Morgan fingerprint density at radius 1 is 1.06 bits per heavy atom. The van der Waals surface area contributed by atoms with Gasteiger partial charge in [0.1, 0.15) is 6.61 Å². The topological polar surface area (TPSA) is 82.0 Å². The van der Waals surface area contributed by atoms with Crippen LogP contribution in [0.1, 0.15) is 44.1 Å². The Labute approximate surface area is 200 Å². The fourth-order valence-corrected chi connectivity index (χ4v) is 4.25. The zero-order valence-electron chi connectivity index (χ0n) is 18.4. The number of carbonyl (C=O) groups is 1. The Kier molecular flexibility index (Phi) is 11.6. The van der Waals surface area contributed by atoms with E-state index in [4.69, 9.17) is 27.9 Å². The second kappa shape index (κ2) is 13.9. The predicted octanol–water partition coefficient (Wildman–Crippen LogP) is 4.53. The highest BCUT2D eigenvalue weighted by atomic mass is 35.5. The van der Waals surface area contributed by atoms with Crippen LogP contribution in [0.5, 0.6) is 0 Å². The van der Waals surface area contributed by atoms with E-state index in [9.17, 15) is 15.0 Å². The summed E-state index contributed by atoms with van der Waals surface area (Å²) < 4.78 is 5.33. The van der Waals surface area contributed by atoms with Crippen LogP contribution >= 0.6 is 23.2 Å². The Hall–Kier alpha value is -1.57. The smallest absolute Gasteiger partial charge is 0.410 e. The largest absolute Gasteiger partial charge is 0.445 e. The Bertz CT molecular complexity index is 747. The summed E-state index contributed by atoms with van der Waals surface area (Å²) in [5, 5.41) is 23.8. The second-order valence-corrected chi connectivity index (χ2v) is 9.29. The SMILES string of the molecule is C=C(Cl)C[C@@H]1NCCC[C@@H]1O.C=C(Cl)C[C@H]1[C@@H](O)CCCN1C(=O)OCc1ccccc1. The molecule has 0 unspecified atom stereocenters. The lowest BCUT2D eigenvalue weighted by molar-refractivity contribution is 0.00426. The lowest BCUT2D eigenvalue weighted by Crippen LogP contribution is -2.51. The van der Waals surface area contributed by atoms with E-state index in [1.54, 1.807) is 4.90 Å². The number of halogens is 2. The molecule has 2 fully saturated rings. The summed E-state index contributed by atoms with van der Waals surface area (Å²) in [6, 6.07) is 9.27. The van der Waals surface area contributed by atoms with E-state index in [0.717, 1.165) is 31.4 Å². The number of likely N-dealkylation sites (tertiary alicyclic amines) is 1. The molecule has 4 atom stereocenters. The molecule has 2 heterocycles. The maximum Gasteiger partial charge on any atom is 0.410 e. The number of aliphatic hydroxyl groups is 2. The molecule has 0 bridgehead atoms. The molecule has 2 aliphatic heterocycles. The standard InChI is InChI=1S/C16H20ClNO3.C8H14ClNO/c1-12(17)10-14-15(19)8-5-9-18(14)16(20)21-11-13-6-3-2-4-7-13;1-6(9)5-7-8(11)3-2-4-10-7/h2-4,6-7,14-15,19H,1,5,8-11H2;7-8,10-11H,1-5H2/t14-,15-;7-,8-/m00/s1. The van der Waals surface area contributed by atoms with Crippen LogP contribution in [0.4, 0.5) is 4.79 Å². The second-order valence-electron chi connectivity index (χ2n) is 8.22. The fraction of sp³-hybridized carbons (Fsp3) is 0.542. The monoisotopic (exact) mass is 484 g/mol. The van der Waals surface area contributed by atoms with Crippen molar-refractivity contribution in [1.29, 1.82) is 0 Å². The van der Waals surface area contributed by atoms with Gasteiger partial charge in [0.05, 0.1) is 18.2 Å². The summed E-state index contributed by atoms with van der Waals surface area (Å²) in [5.41, 5.74) is 0.932. The van der Waals surface area contributed by atoms with Gasteiger partial charge in [-0.2, -0.15) is 0 Å². The Morgan fingerprint density at radius 2 is 1.72 bits per heavy atom. The van der Waals surface area contributed by atoms with E-state index in [2.05, 4.69) is 18.5 Å². The van der Waals surface area contributed by atoms with Crippen LogP contribution in [-0.2, 0) is 11.3 Å². The molecule has 1 aromatic carbocycles. The van der Waals surface area contributed by atoms with Crippen molar-refractivity contribution in [2.75, 3.05) is 13.1 Å². The third-order valence-corrected chi connectivity index (χ3v) is 5.91. The molecule has 3 rings (SSSR count). The van der Waals surface area contributed by atoms with Crippen molar-refractivity contribution >= 4 is 29.3 Å². The van der Waals surface area contributed by atoms with Gasteiger partial charge in [0.25, 0.3) is 0 Å². The third-order valence-electron chi connectivity index (χ3n) is 5.60. The number of hydrogen-bond donors (Lipinski definition) is 3. The highest BCUT2D eigenvalue weighted by Gasteiger charge is 2.34. The van der Waals surface area contributed by atoms with E-state index in [1.165, 1.54) is 0 Å². The average molecular weight is 485 g/mol. The summed E-state index contributed by atoms with van der Waals surface area (Å²) in [6.45, 7) is 9.01. The van der Waals surface area contributed by atoms with Crippen LogP contribution in [0.2, 0.25) is 0 Å². The highest BCUT2D eigenvalue weighted by Crippen LogP contribution is 2.25. The first-order valence-corrected chi connectivity index (χ1v) is 11.8. The van der Waals surface area contributed by atoms with Gasteiger partial charge in [0.2, 0.25) is 0 Å². The number of ether oxygens (including phenoxy) is 1. The van der Waals surface area contributed by atoms with Crippen LogP contribution < -0.4 is 5.32 Å². The van der Waals surface area contributed by atoms with E-state index in [0.29, 0.717) is 35.9 Å². The number of rotatable bonds is 6. The number of aliphatic hydroxyl groups excluding tert-OH is 2. The predicted molar refractivity (Wildman–Crippen MR) is 129 cm³/mol. The van der Waals surface area contributed by atoms with Crippen molar-refractivity contribution < 1.29 is 19.7 Å². The lowest BCUT2D eigenvalue weighted by atomic mass is 9.96. The molecule has 8 heteroatoms. The summed E-state index contributed by atoms with van der Waals surface area (Å²) in [7, 11) is 0. The number of nitrogens with one attached hydrogen (secondary N) is 1. The molecular formula is C24H34Cl2N2O4. The van der Waals surface area contributed by atoms with E-state index >= 15 is 0 Å². The lowest BCUT2D eigenvalue weighted by Gasteiger charge is -2.38. The maximum atomic E-state index is 12.2. The minimum absolute atomic E-state index is 0.119. The minimum atomic E-state index is -0.585. The van der Waals surface area contributed by atoms with Gasteiger partial charge in [-0.05, 0) is 37.8 Å². The molecule has 0 saturated carbocycles. The molecule has 1 amide bonds. The van der Waals surface area contributed by atoms with E-state index in [-0.39, 0.29) is 24.8 Å². The van der Waals surface area contributed by atoms with Gasteiger partial charge in [-0.25, -0.2) is 4.79 Å². The molecular weight excluding hydrogens is 451 g/mol. The molecule has 2 aliphatic rings. The van der Waals surface area contributed by atoms with Gasteiger partial charge in [-0.3, -0.25) is 0 Å². The molecule has 3 N–H and O–H groups in total. The van der Waals surface area contributed by atoms with E-state index in [1.807, 2.05) is 30.3 Å². The van der Waals surface area contributed by atoms with Gasteiger partial charge in [-0.15, -0.1) is 0 Å². The minimum Gasteiger partial charge on any atom is -0.445 e. The maximum absolute atomic E-state index is 12.2. The van der Waals surface area contributed by atoms with Crippen molar-refractivity contribution in [1.82, 2.24) is 10.2 Å². The number of hydrogen-bond acceptors (Lipinski definition) is 5. The summed E-state index contributed by atoms with van der Waals surface area (Å²) in [6.07, 6.45) is 3.14. The van der Waals surface area contributed by atoms with Crippen LogP contribution in [0.25, 0.3) is 0 Å². The van der Waals surface area contributed by atoms with Crippen molar-refractivity contribution in [3.8, 4) is 0 Å². The third kappa shape index (κ3) is 9.12. The summed E-state index contributed by atoms with van der Waals surface area (Å²) in [5.74, 6) is 0. The van der Waals surface area contributed by atoms with Gasteiger partial charge < -0.3 is 25.2 Å². The summed E-state index contributed by atoms with van der Waals surface area (Å²) >= 11 is 11.5.